The van der Waals surface area contributed by atoms with Crippen molar-refractivity contribution >= 4 is 10.0 Å². The SMILES string of the molecule is CC1CC1NS(=O)(=O)c1[nH]ncc1CNC1CC1. The zero-order valence-electron chi connectivity index (χ0n) is 10.3. The normalized spacial score (nSPS) is 27.4. The average Bonchev–Trinajstić information content (AvgIpc) is 3.19. The fraction of sp³-hybridized carbons (Fsp3) is 0.727. The van der Waals surface area contributed by atoms with E-state index in [0.29, 0.717) is 24.1 Å². The molecule has 2 unspecified atom stereocenters. The summed E-state index contributed by atoms with van der Waals surface area (Å²) >= 11 is 0. The Morgan fingerprint density at radius 2 is 2.22 bits per heavy atom. The molecular formula is C11H18N4O2S. The van der Waals surface area contributed by atoms with E-state index in [4.69, 9.17) is 0 Å². The van der Waals surface area contributed by atoms with Crippen LogP contribution in [-0.2, 0) is 16.6 Å². The van der Waals surface area contributed by atoms with Gasteiger partial charge in [0.15, 0.2) is 5.03 Å². The van der Waals surface area contributed by atoms with Gasteiger partial charge in [-0.1, -0.05) is 6.92 Å². The summed E-state index contributed by atoms with van der Waals surface area (Å²) in [6.07, 6.45) is 4.86. The second-order valence-corrected chi connectivity index (χ2v) is 6.97. The zero-order valence-corrected chi connectivity index (χ0v) is 11.1. The Morgan fingerprint density at radius 3 is 2.83 bits per heavy atom. The highest BCUT2D eigenvalue weighted by molar-refractivity contribution is 7.89. The molecule has 0 amide bonds. The third kappa shape index (κ3) is 2.57. The molecule has 100 valence electrons. The summed E-state index contributed by atoms with van der Waals surface area (Å²) < 4.78 is 27.0. The van der Waals surface area contributed by atoms with Gasteiger partial charge in [0, 0.05) is 24.2 Å². The van der Waals surface area contributed by atoms with Crippen molar-refractivity contribution in [2.24, 2.45) is 5.92 Å². The first-order valence-corrected chi connectivity index (χ1v) is 7.82. The topological polar surface area (TPSA) is 86.9 Å². The van der Waals surface area contributed by atoms with Crippen LogP contribution >= 0.6 is 0 Å². The van der Waals surface area contributed by atoms with Gasteiger partial charge < -0.3 is 5.32 Å². The van der Waals surface area contributed by atoms with Gasteiger partial charge in [-0.25, -0.2) is 13.1 Å². The van der Waals surface area contributed by atoms with Crippen LogP contribution in [0.15, 0.2) is 11.2 Å². The molecule has 2 aliphatic rings. The van der Waals surface area contributed by atoms with Crippen LogP contribution in [-0.4, -0.2) is 30.7 Å². The number of aromatic nitrogens is 2. The van der Waals surface area contributed by atoms with E-state index in [-0.39, 0.29) is 11.1 Å². The summed E-state index contributed by atoms with van der Waals surface area (Å²) in [5.41, 5.74) is 0.711. The van der Waals surface area contributed by atoms with E-state index in [2.05, 4.69) is 20.2 Å². The molecule has 2 fully saturated rings. The smallest absolute Gasteiger partial charge is 0.258 e. The lowest BCUT2D eigenvalue weighted by molar-refractivity contribution is 0.570. The van der Waals surface area contributed by atoms with E-state index in [1.165, 1.54) is 12.8 Å². The lowest BCUT2D eigenvalue weighted by Gasteiger charge is -2.07. The maximum Gasteiger partial charge on any atom is 0.258 e. The molecule has 7 heteroatoms. The highest BCUT2D eigenvalue weighted by Gasteiger charge is 2.37. The number of hydrogen-bond acceptors (Lipinski definition) is 4. The molecule has 1 aromatic heterocycles. The number of nitrogens with one attached hydrogen (secondary N) is 3. The van der Waals surface area contributed by atoms with Crippen molar-refractivity contribution in [1.82, 2.24) is 20.2 Å². The van der Waals surface area contributed by atoms with Gasteiger partial charge >= 0.3 is 0 Å². The summed E-state index contributed by atoms with van der Waals surface area (Å²) in [5.74, 6) is 0.440. The predicted octanol–water partition coefficient (Wildman–Crippen LogP) is 0.348. The van der Waals surface area contributed by atoms with Gasteiger partial charge in [-0.05, 0) is 25.2 Å². The summed E-state index contributed by atoms with van der Waals surface area (Å²) in [6.45, 7) is 2.59. The molecule has 1 heterocycles. The first-order chi connectivity index (χ1) is 8.56. The van der Waals surface area contributed by atoms with Crippen molar-refractivity contribution in [3.05, 3.63) is 11.8 Å². The molecule has 3 rings (SSSR count). The van der Waals surface area contributed by atoms with Crippen molar-refractivity contribution < 1.29 is 8.42 Å². The molecule has 2 saturated carbocycles. The van der Waals surface area contributed by atoms with E-state index in [1.54, 1.807) is 6.20 Å². The van der Waals surface area contributed by atoms with Crippen LogP contribution in [0.25, 0.3) is 0 Å². The molecule has 18 heavy (non-hydrogen) atoms. The van der Waals surface area contributed by atoms with Crippen LogP contribution in [0.2, 0.25) is 0 Å². The van der Waals surface area contributed by atoms with Crippen LogP contribution in [0.5, 0.6) is 0 Å². The largest absolute Gasteiger partial charge is 0.310 e. The van der Waals surface area contributed by atoms with Gasteiger partial charge in [0.05, 0.1) is 6.20 Å². The maximum atomic E-state index is 12.2. The first-order valence-electron chi connectivity index (χ1n) is 6.34. The van der Waals surface area contributed by atoms with Gasteiger partial charge in [-0.3, -0.25) is 5.10 Å². The summed E-state index contributed by atoms with van der Waals surface area (Å²) in [5, 5.41) is 9.95. The van der Waals surface area contributed by atoms with Crippen LogP contribution in [0, 0.1) is 5.92 Å². The summed E-state index contributed by atoms with van der Waals surface area (Å²) in [4.78, 5) is 0. The fourth-order valence-electron chi connectivity index (χ4n) is 1.94. The Labute approximate surface area is 107 Å². The zero-order chi connectivity index (χ0) is 12.8. The lowest BCUT2D eigenvalue weighted by atomic mass is 10.3. The number of sulfonamides is 1. The van der Waals surface area contributed by atoms with Crippen LogP contribution in [0.3, 0.4) is 0 Å². The molecule has 0 bridgehead atoms. The maximum absolute atomic E-state index is 12.2. The van der Waals surface area contributed by atoms with Crippen molar-refractivity contribution in [2.75, 3.05) is 0 Å². The van der Waals surface area contributed by atoms with Gasteiger partial charge in [0.1, 0.15) is 0 Å². The molecule has 2 atom stereocenters. The van der Waals surface area contributed by atoms with Crippen LogP contribution < -0.4 is 10.0 Å². The van der Waals surface area contributed by atoms with E-state index in [1.807, 2.05) is 6.92 Å². The second-order valence-electron chi connectivity index (χ2n) is 5.32. The number of aromatic amines is 1. The summed E-state index contributed by atoms with van der Waals surface area (Å²) in [7, 11) is -3.45. The Morgan fingerprint density at radius 1 is 1.50 bits per heavy atom. The molecule has 0 saturated heterocycles. The van der Waals surface area contributed by atoms with Gasteiger partial charge in [-0.2, -0.15) is 5.10 Å². The van der Waals surface area contributed by atoms with Crippen molar-refractivity contribution in [3.63, 3.8) is 0 Å². The minimum Gasteiger partial charge on any atom is -0.310 e. The summed E-state index contributed by atoms with van der Waals surface area (Å²) in [6, 6.07) is 0.634. The average molecular weight is 270 g/mol. The molecule has 0 spiro atoms. The monoisotopic (exact) mass is 270 g/mol. The Bertz CT molecular complexity index is 535. The number of hydrogen-bond donors (Lipinski definition) is 3. The lowest BCUT2D eigenvalue weighted by Crippen LogP contribution is -2.28. The Hall–Kier alpha value is -0.920. The van der Waals surface area contributed by atoms with Crippen molar-refractivity contribution in [2.45, 2.75) is 49.8 Å². The van der Waals surface area contributed by atoms with E-state index in [9.17, 15) is 8.42 Å². The quantitative estimate of drug-likeness (QED) is 0.696. The number of rotatable bonds is 6. The van der Waals surface area contributed by atoms with Gasteiger partial charge in [0.2, 0.25) is 0 Å². The highest BCUT2D eigenvalue weighted by atomic mass is 32.2. The second kappa shape index (κ2) is 4.32. The standard InChI is InChI=1S/C11H18N4O2S/c1-7-4-10(7)15-18(16,17)11-8(6-13-14-11)5-12-9-2-3-9/h6-7,9-10,12,15H,2-5H2,1H3,(H,13,14). The van der Waals surface area contributed by atoms with E-state index < -0.39 is 10.0 Å². The van der Waals surface area contributed by atoms with Crippen LogP contribution in [0.1, 0.15) is 31.7 Å². The molecule has 3 N–H and O–H groups in total. The number of H-pyrrole nitrogens is 1. The fourth-order valence-corrected chi connectivity index (χ4v) is 3.43. The van der Waals surface area contributed by atoms with Crippen LogP contribution in [0.4, 0.5) is 0 Å². The van der Waals surface area contributed by atoms with Gasteiger partial charge in [-0.15, -0.1) is 0 Å². The molecule has 0 aromatic carbocycles. The first kappa shape index (κ1) is 12.1. The third-order valence-corrected chi connectivity index (χ3v) is 5.03. The van der Waals surface area contributed by atoms with Gasteiger partial charge in [0.25, 0.3) is 10.0 Å². The molecule has 0 aliphatic heterocycles. The molecule has 6 nitrogen and oxygen atoms in total. The Kier molecular flexibility index (Phi) is 2.91. The molecule has 2 aliphatic carbocycles. The molecular weight excluding hydrogens is 252 g/mol. The minimum absolute atomic E-state index is 0.0857. The minimum atomic E-state index is -3.45. The Balaban J connectivity index is 1.71. The predicted molar refractivity (Wildman–Crippen MR) is 66.3 cm³/mol. The van der Waals surface area contributed by atoms with E-state index in [0.717, 1.165) is 6.42 Å². The highest BCUT2D eigenvalue weighted by Crippen LogP contribution is 2.30. The molecule has 0 radical (unpaired) electrons. The number of nitrogens with zero attached hydrogens (tertiary/aromatic N) is 1. The third-order valence-electron chi connectivity index (χ3n) is 3.52. The van der Waals surface area contributed by atoms with Crippen molar-refractivity contribution in [1.29, 1.82) is 0 Å². The molecule has 1 aromatic rings. The van der Waals surface area contributed by atoms with E-state index >= 15 is 0 Å². The van der Waals surface area contributed by atoms with Crippen molar-refractivity contribution in [3.8, 4) is 0 Å².